The molecule has 0 spiro atoms. The molecule has 1 N–H and O–H groups in total. The van der Waals surface area contributed by atoms with Crippen LogP contribution in [0.15, 0.2) is 30.6 Å². The SMILES string of the molecule is CN1CCN(c2cnc(N(C)Cc3cc(O)cc(C(F)(F)F)c3)nc2)CC1. The van der Waals surface area contributed by atoms with Gasteiger partial charge in [0.15, 0.2) is 0 Å². The third-order valence-electron chi connectivity index (χ3n) is 4.56. The molecule has 0 saturated carbocycles. The van der Waals surface area contributed by atoms with Crippen LogP contribution in [-0.2, 0) is 12.7 Å². The van der Waals surface area contributed by atoms with Crippen molar-refractivity contribution in [1.29, 1.82) is 0 Å². The number of piperazine rings is 1. The lowest BCUT2D eigenvalue weighted by Crippen LogP contribution is -2.44. The van der Waals surface area contributed by atoms with Gasteiger partial charge < -0.3 is 19.8 Å². The minimum Gasteiger partial charge on any atom is -0.508 e. The summed E-state index contributed by atoms with van der Waals surface area (Å²) in [5.74, 6) is -0.00987. The van der Waals surface area contributed by atoms with Crippen LogP contribution in [0.5, 0.6) is 5.75 Å². The standard InChI is InChI=1S/C18H22F3N5O/c1-24-3-5-26(6-4-24)15-10-22-17(23-11-15)25(2)12-13-7-14(18(19,20)21)9-16(27)8-13/h7-11,27H,3-6,12H2,1-2H3. The second-order valence-electron chi connectivity index (χ2n) is 6.77. The fourth-order valence-electron chi connectivity index (χ4n) is 3.01. The van der Waals surface area contributed by atoms with E-state index in [0.29, 0.717) is 17.6 Å². The highest BCUT2D eigenvalue weighted by Gasteiger charge is 2.31. The lowest BCUT2D eigenvalue weighted by molar-refractivity contribution is -0.137. The Kier molecular flexibility index (Phi) is 5.41. The average molecular weight is 381 g/mol. The van der Waals surface area contributed by atoms with Gasteiger partial charge in [-0.2, -0.15) is 13.2 Å². The number of halogens is 3. The van der Waals surface area contributed by atoms with Crippen molar-refractivity contribution in [1.82, 2.24) is 14.9 Å². The van der Waals surface area contributed by atoms with E-state index in [1.54, 1.807) is 24.3 Å². The van der Waals surface area contributed by atoms with E-state index in [1.165, 1.54) is 6.07 Å². The number of nitrogens with zero attached hydrogens (tertiary/aromatic N) is 5. The van der Waals surface area contributed by atoms with Crippen molar-refractivity contribution >= 4 is 11.6 Å². The van der Waals surface area contributed by atoms with Gasteiger partial charge in [-0.25, -0.2) is 9.97 Å². The Balaban J connectivity index is 1.69. The normalized spacial score (nSPS) is 15.8. The molecule has 2 heterocycles. The Morgan fingerprint density at radius 2 is 1.70 bits per heavy atom. The summed E-state index contributed by atoms with van der Waals surface area (Å²) in [6.45, 7) is 3.89. The summed E-state index contributed by atoms with van der Waals surface area (Å²) in [5, 5.41) is 9.58. The van der Waals surface area contributed by atoms with Crippen LogP contribution in [0.2, 0.25) is 0 Å². The van der Waals surface area contributed by atoms with Crippen molar-refractivity contribution in [2.75, 3.05) is 50.1 Å². The van der Waals surface area contributed by atoms with Crippen LogP contribution in [0.4, 0.5) is 24.8 Å². The van der Waals surface area contributed by atoms with Gasteiger partial charge in [0.1, 0.15) is 5.75 Å². The summed E-state index contributed by atoms with van der Waals surface area (Å²) in [5.41, 5.74) is 0.380. The number of likely N-dealkylation sites (N-methyl/N-ethyl adjacent to an activating group) is 1. The zero-order valence-electron chi connectivity index (χ0n) is 15.2. The second-order valence-corrected chi connectivity index (χ2v) is 6.77. The van der Waals surface area contributed by atoms with Crippen molar-refractivity contribution in [3.8, 4) is 5.75 Å². The third-order valence-corrected chi connectivity index (χ3v) is 4.56. The summed E-state index contributed by atoms with van der Waals surface area (Å²) in [4.78, 5) is 14.8. The Bertz CT molecular complexity index is 774. The molecule has 0 bridgehead atoms. The van der Waals surface area contributed by atoms with E-state index >= 15 is 0 Å². The van der Waals surface area contributed by atoms with Crippen LogP contribution in [0.25, 0.3) is 0 Å². The summed E-state index contributed by atoms with van der Waals surface area (Å²) in [6.07, 6.45) is -1.05. The smallest absolute Gasteiger partial charge is 0.416 e. The molecule has 1 aliphatic rings. The van der Waals surface area contributed by atoms with Gasteiger partial charge in [0, 0.05) is 39.8 Å². The van der Waals surface area contributed by atoms with E-state index < -0.39 is 17.5 Å². The van der Waals surface area contributed by atoms with Gasteiger partial charge in [0.25, 0.3) is 0 Å². The number of hydrogen-bond acceptors (Lipinski definition) is 6. The number of rotatable bonds is 4. The molecule has 1 aromatic carbocycles. The maximum absolute atomic E-state index is 12.9. The summed E-state index contributed by atoms with van der Waals surface area (Å²) >= 11 is 0. The molecule has 9 heteroatoms. The van der Waals surface area contributed by atoms with Crippen LogP contribution in [0, 0.1) is 0 Å². The largest absolute Gasteiger partial charge is 0.508 e. The minimum absolute atomic E-state index is 0.144. The molecule has 3 rings (SSSR count). The molecule has 27 heavy (non-hydrogen) atoms. The monoisotopic (exact) mass is 381 g/mol. The van der Waals surface area contributed by atoms with Crippen LogP contribution >= 0.6 is 0 Å². The predicted molar refractivity (Wildman–Crippen MR) is 97.0 cm³/mol. The van der Waals surface area contributed by atoms with Gasteiger partial charge in [-0.3, -0.25) is 0 Å². The Labute approximate surface area is 155 Å². The first kappa shape index (κ1) is 19.2. The minimum atomic E-state index is -4.51. The lowest BCUT2D eigenvalue weighted by atomic mass is 10.1. The van der Waals surface area contributed by atoms with Gasteiger partial charge in [-0.05, 0) is 30.8 Å². The molecule has 0 unspecified atom stereocenters. The molecule has 1 aromatic heterocycles. The summed E-state index contributed by atoms with van der Waals surface area (Å²) < 4.78 is 38.7. The quantitative estimate of drug-likeness (QED) is 0.879. The van der Waals surface area contributed by atoms with E-state index in [1.807, 2.05) is 0 Å². The zero-order valence-corrected chi connectivity index (χ0v) is 15.2. The van der Waals surface area contributed by atoms with Gasteiger partial charge in [0.05, 0.1) is 23.6 Å². The number of hydrogen-bond donors (Lipinski definition) is 1. The van der Waals surface area contributed by atoms with E-state index in [-0.39, 0.29) is 6.54 Å². The van der Waals surface area contributed by atoms with E-state index in [2.05, 4.69) is 26.8 Å². The Hall–Kier alpha value is -2.55. The van der Waals surface area contributed by atoms with Crippen molar-refractivity contribution in [2.45, 2.75) is 12.7 Å². The van der Waals surface area contributed by atoms with E-state index in [0.717, 1.165) is 37.9 Å². The molecule has 146 valence electrons. The topological polar surface area (TPSA) is 55.7 Å². The Morgan fingerprint density at radius 1 is 1.07 bits per heavy atom. The summed E-state index contributed by atoms with van der Waals surface area (Å²) in [6, 6.07) is 3.05. The number of aromatic hydroxyl groups is 1. The highest BCUT2D eigenvalue weighted by atomic mass is 19.4. The number of benzene rings is 1. The average Bonchev–Trinajstić information content (AvgIpc) is 2.61. The number of alkyl halides is 3. The van der Waals surface area contributed by atoms with Gasteiger partial charge in [-0.1, -0.05) is 0 Å². The molecule has 1 aliphatic heterocycles. The van der Waals surface area contributed by atoms with Gasteiger partial charge in [0.2, 0.25) is 5.95 Å². The molecule has 0 atom stereocenters. The van der Waals surface area contributed by atoms with Crippen LogP contribution in [0.3, 0.4) is 0 Å². The molecule has 6 nitrogen and oxygen atoms in total. The van der Waals surface area contributed by atoms with Gasteiger partial charge in [-0.15, -0.1) is 0 Å². The number of aromatic nitrogens is 2. The molecular weight excluding hydrogens is 359 g/mol. The first-order valence-electron chi connectivity index (χ1n) is 8.59. The fourth-order valence-corrected chi connectivity index (χ4v) is 3.01. The van der Waals surface area contributed by atoms with Crippen molar-refractivity contribution < 1.29 is 18.3 Å². The Morgan fingerprint density at radius 3 is 2.30 bits per heavy atom. The number of phenolic OH excluding ortho intramolecular Hbond substituents is 1. The van der Waals surface area contributed by atoms with Crippen LogP contribution in [0.1, 0.15) is 11.1 Å². The van der Waals surface area contributed by atoms with Crippen molar-refractivity contribution in [2.24, 2.45) is 0 Å². The molecular formula is C18H22F3N5O. The first-order valence-corrected chi connectivity index (χ1v) is 8.59. The maximum atomic E-state index is 12.9. The molecule has 2 aromatic rings. The lowest BCUT2D eigenvalue weighted by Gasteiger charge is -2.33. The third kappa shape index (κ3) is 4.79. The fraction of sp³-hybridized carbons (Fsp3) is 0.444. The first-order chi connectivity index (χ1) is 12.7. The molecule has 0 aliphatic carbocycles. The highest BCUT2D eigenvalue weighted by Crippen LogP contribution is 2.32. The van der Waals surface area contributed by atoms with Crippen molar-refractivity contribution in [3.05, 3.63) is 41.7 Å². The molecule has 1 fully saturated rings. The van der Waals surface area contributed by atoms with E-state index in [9.17, 15) is 18.3 Å². The number of anilines is 2. The van der Waals surface area contributed by atoms with Crippen molar-refractivity contribution in [3.63, 3.8) is 0 Å². The predicted octanol–water partition coefficient (Wildman–Crippen LogP) is 2.59. The molecule has 1 saturated heterocycles. The zero-order chi connectivity index (χ0) is 19.6. The molecule has 0 radical (unpaired) electrons. The van der Waals surface area contributed by atoms with Crippen LogP contribution < -0.4 is 9.80 Å². The van der Waals surface area contributed by atoms with E-state index in [4.69, 9.17) is 0 Å². The molecule has 0 amide bonds. The second kappa shape index (κ2) is 7.59. The highest BCUT2D eigenvalue weighted by molar-refractivity contribution is 5.46. The summed E-state index contributed by atoms with van der Waals surface area (Å²) in [7, 11) is 3.78. The maximum Gasteiger partial charge on any atom is 0.416 e. The van der Waals surface area contributed by atoms with Gasteiger partial charge >= 0.3 is 6.18 Å². The van der Waals surface area contributed by atoms with Crippen LogP contribution in [-0.4, -0.2) is 60.2 Å². The number of phenols is 1.